The summed E-state index contributed by atoms with van der Waals surface area (Å²) in [4.78, 5) is 38.4. The summed E-state index contributed by atoms with van der Waals surface area (Å²) in [6, 6.07) is 9.92. The third-order valence-electron chi connectivity index (χ3n) is 4.79. The van der Waals surface area contributed by atoms with E-state index in [1.165, 1.54) is 13.2 Å². The molecule has 0 atom stereocenters. The van der Waals surface area contributed by atoms with Crippen LogP contribution in [-0.2, 0) is 16.0 Å². The summed E-state index contributed by atoms with van der Waals surface area (Å²) in [5.74, 6) is -0.292. The molecule has 0 bridgehead atoms. The van der Waals surface area contributed by atoms with Crippen molar-refractivity contribution in [1.29, 1.82) is 0 Å². The molecule has 0 aliphatic carbocycles. The Hall–Kier alpha value is -3.52. The van der Waals surface area contributed by atoms with Crippen LogP contribution >= 0.6 is 11.6 Å². The Morgan fingerprint density at radius 3 is 2.66 bits per heavy atom. The third kappa shape index (κ3) is 5.03. The number of anilines is 1. The first-order valence-electron chi connectivity index (χ1n) is 10.1. The standard InChI is InChI=1S/C23H24ClN3O5/c1-4-15-8-6-7-9-17(15)25-20(28)13-27-22(29)18(26-23(27)30)11-14-10-16(24)21(32-5-2)19(12-14)31-3/h6-12H,4-5,13H2,1-3H3,(H,25,28)(H,26,30)/b18-11+. The van der Waals surface area contributed by atoms with E-state index in [1.54, 1.807) is 24.3 Å². The van der Waals surface area contributed by atoms with Crippen LogP contribution in [0.15, 0.2) is 42.1 Å². The second-order valence-corrected chi connectivity index (χ2v) is 7.31. The number of rotatable bonds is 8. The normalized spacial score (nSPS) is 14.5. The minimum atomic E-state index is -0.677. The molecule has 0 radical (unpaired) electrons. The number of para-hydroxylation sites is 1. The van der Waals surface area contributed by atoms with Gasteiger partial charge in [-0.1, -0.05) is 36.7 Å². The summed E-state index contributed by atoms with van der Waals surface area (Å²) < 4.78 is 10.8. The van der Waals surface area contributed by atoms with E-state index in [0.29, 0.717) is 34.4 Å². The molecule has 1 aliphatic heterocycles. The summed E-state index contributed by atoms with van der Waals surface area (Å²) in [6.07, 6.45) is 2.20. The number of nitrogens with one attached hydrogen (secondary N) is 2. The van der Waals surface area contributed by atoms with Gasteiger partial charge in [-0.3, -0.25) is 9.59 Å². The Kier molecular flexibility index (Phi) is 7.37. The minimum absolute atomic E-state index is 0.0269. The number of aryl methyl sites for hydroxylation is 1. The zero-order valence-electron chi connectivity index (χ0n) is 18.0. The van der Waals surface area contributed by atoms with E-state index in [1.807, 2.05) is 26.0 Å². The van der Waals surface area contributed by atoms with E-state index in [-0.39, 0.29) is 5.70 Å². The molecule has 2 aromatic rings. The number of halogens is 1. The second-order valence-electron chi connectivity index (χ2n) is 6.91. The average molecular weight is 458 g/mol. The monoisotopic (exact) mass is 457 g/mol. The second kappa shape index (κ2) is 10.2. The first kappa shape index (κ1) is 23.1. The van der Waals surface area contributed by atoms with Crippen molar-refractivity contribution in [2.45, 2.75) is 20.3 Å². The highest BCUT2D eigenvalue weighted by atomic mass is 35.5. The number of imide groups is 1. The lowest BCUT2D eigenvalue weighted by Gasteiger charge is -2.14. The number of carbonyl (C=O) groups is 3. The van der Waals surface area contributed by atoms with E-state index in [0.717, 1.165) is 16.9 Å². The molecular formula is C23H24ClN3O5. The van der Waals surface area contributed by atoms with Crippen molar-refractivity contribution in [3.05, 3.63) is 58.2 Å². The molecule has 1 saturated heterocycles. The van der Waals surface area contributed by atoms with Gasteiger partial charge in [0.1, 0.15) is 12.2 Å². The predicted molar refractivity (Wildman–Crippen MR) is 122 cm³/mol. The zero-order valence-corrected chi connectivity index (χ0v) is 18.8. The summed E-state index contributed by atoms with van der Waals surface area (Å²) in [7, 11) is 1.48. The molecule has 2 aromatic carbocycles. The van der Waals surface area contributed by atoms with Gasteiger partial charge in [0.15, 0.2) is 11.5 Å². The number of amides is 4. The van der Waals surface area contributed by atoms with Crippen LogP contribution in [0.4, 0.5) is 10.5 Å². The molecule has 2 N–H and O–H groups in total. The number of carbonyl (C=O) groups excluding carboxylic acids is 3. The topological polar surface area (TPSA) is 97.0 Å². The highest BCUT2D eigenvalue weighted by Crippen LogP contribution is 2.37. The molecule has 9 heteroatoms. The van der Waals surface area contributed by atoms with Gasteiger partial charge in [-0.2, -0.15) is 0 Å². The molecule has 0 aromatic heterocycles. The van der Waals surface area contributed by atoms with Crippen molar-refractivity contribution in [3.63, 3.8) is 0 Å². The smallest absolute Gasteiger partial charge is 0.329 e. The minimum Gasteiger partial charge on any atom is -0.493 e. The van der Waals surface area contributed by atoms with Gasteiger partial charge in [0, 0.05) is 5.69 Å². The van der Waals surface area contributed by atoms with Gasteiger partial charge >= 0.3 is 6.03 Å². The van der Waals surface area contributed by atoms with Crippen molar-refractivity contribution in [2.75, 3.05) is 25.6 Å². The lowest BCUT2D eigenvalue weighted by Crippen LogP contribution is -2.38. The summed E-state index contributed by atoms with van der Waals surface area (Å²) in [5, 5.41) is 5.55. The van der Waals surface area contributed by atoms with Crippen molar-refractivity contribution in [1.82, 2.24) is 10.2 Å². The molecule has 168 valence electrons. The highest BCUT2D eigenvalue weighted by molar-refractivity contribution is 6.32. The third-order valence-corrected chi connectivity index (χ3v) is 5.07. The Labute approximate surface area is 191 Å². The van der Waals surface area contributed by atoms with E-state index < -0.39 is 24.4 Å². The van der Waals surface area contributed by atoms with Crippen LogP contribution < -0.4 is 20.1 Å². The molecule has 32 heavy (non-hydrogen) atoms. The Balaban J connectivity index is 1.76. The predicted octanol–water partition coefficient (Wildman–Crippen LogP) is 3.84. The van der Waals surface area contributed by atoms with Crippen molar-refractivity contribution < 1.29 is 23.9 Å². The van der Waals surface area contributed by atoms with Crippen LogP contribution in [0.1, 0.15) is 25.0 Å². The quantitative estimate of drug-likeness (QED) is 0.463. The lowest BCUT2D eigenvalue weighted by atomic mass is 10.1. The number of benzene rings is 2. The van der Waals surface area contributed by atoms with Crippen LogP contribution in [-0.4, -0.2) is 43.0 Å². The van der Waals surface area contributed by atoms with Gasteiger partial charge in [0.25, 0.3) is 5.91 Å². The van der Waals surface area contributed by atoms with Crippen molar-refractivity contribution in [2.24, 2.45) is 0 Å². The number of urea groups is 1. The van der Waals surface area contributed by atoms with E-state index in [9.17, 15) is 14.4 Å². The zero-order chi connectivity index (χ0) is 23.3. The number of hydrogen-bond donors (Lipinski definition) is 2. The number of nitrogens with zero attached hydrogens (tertiary/aromatic N) is 1. The van der Waals surface area contributed by atoms with Gasteiger partial charge in [-0.25, -0.2) is 9.69 Å². The fourth-order valence-corrected chi connectivity index (χ4v) is 3.55. The Morgan fingerprint density at radius 2 is 1.97 bits per heavy atom. The maximum absolute atomic E-state index is 12.7. The SMILES string of the molecule is CCOc1c(Cl)cc(/C=C2/NC(=O)N(CC(=O)Nc3ccccc3CC)C2=O)cc1OC. The summed E-state index contributed by atoms with van der Waals surface area (Å²) in [6.45, 7) is 3.80. The maximum atomic E-state index is 12.7. The van der Waals surface area contributed by atoms with E-state index in [4.69, 9.17) is 21.1 Å². The highest BCUT2D eigenvalue weighted by Gasteiger charge is 2.35. The van der Waals surface area contributed by atoms with Crippen LogP contribution in [0.25, 0.3) is 6.08 Å². The van der Waals surface area contributed by atoms with Gasteiger partial charge < -0.3 is 20.1 Å². The number of hydrogen-bond acceptors (Lipinski definition) is 5. The number of methoxy groups -OCH3 is 1. The maximum Gasteiger partial charge on any atom is 0.329 e. The largest absolute Gasteiger partial charge is 0.493 e. The molecule has 0 spiro atoms. The fraction of sp³-hybridized carbons (Fsp3) is 0.261. The van der Waals surface area contributed by atoms with Crippen LogP contribution in [0.2, 0.25) is 5.02 Å². The molecule has 0 unspecified atom stereocenters. The molecular weight excluding hydrogens is 434 g/mol. The van der Waals surface area contributed by atoms with Crippen LogP contribution in [0.5, 0.6) is 11.5 Å². The van der Waals surface area contributed by atoms with Crippen LogP contribution in [0, 0.1) is 0 Å². The number of ether oxygens (including phenoxy) is 2. The molecule has 3 rings (SSSR count). The summed E-state index contributed by atoms with van der Waals surface area (Å²) >= 11 is 6.27. The first-order chi connectivity index (χ1) is 15.4. The average Bonchev–Trinajstić information content (AvgIpc) is 3.03. The molecule has 4 amide bonds. The van der Waals surface area contributed by atoms with E-state index >= 15 is 0 Å². The van der Waals surface area contributed by atoms with Crippen molar-refractivity contribution >= 4 is 41.2 Å². The van der Waals surface area contributed by atoms with Crippen molar-refractivity contribution in [3.8, 4) is 11.5 Å². The fourth-order valence-electron chi connectivity index (χ4n) is 3.27. The Bertz CT molecular complexity index is 1080. The Morgan fingerprint density at radius 1 is 1.22 bits per heavy atom. The molecule has 8 nitrogen and oxygen atoms in total. The molecule has 1 aliphatic rings. The van der Waals surface area contributed by atoms with Gasteiger partial charge in [0.2, 0.25) is 5.91 Å². The van der Waals surface area contributed by atoms with Crippen LogP contribution in [0.3, 0.4) is 0 Å². The van der Waals surface area contributed by atoms with Gasteiger partial charge in [-0.05, 0) is 48.7 Å². The lowest BCUT2D eigenvalue weighted by molar-refractivity contribution is -0.127. The summed E-state index contributed by atoms with van der Waals surface area (Å²) in [5.41, 5.74) is 2.17. The molecule has 0 saturated carbocycles. The molecule has 1 fully saturated rings. The van der Waals surface area contributed by atoms with E-state index in [2.05, 4.69) is 10.6 Å². The first-order valence-corrected chi connectivity index (χ1v) is 10.5. The molecule has 1 heterocycles. The van der Waals surface area contributed by atoms with Gasteiger partial charge in [-0.15, -0.1) is 0 Å². The van der Waals surface area contributed by atoms with Gasteiger partial charge in [0.05, 0.1) is 18.7 Å².